The first kappa shape index (κ1) is 28.1. The van der Waals surface area contributed by atoms with E-state index in [1.54, 1.807) is 19.1 Å². The average Bonchev–Trinajstić information content (AvgIpc) is 3.67. The van der Waals surface area contributed by atoms with E-state index >= 15 is 0 Å². The quantitative estimate of drug-likeness (QED) is 0.234. The Morgan fingerprint density at radius 3 is 2.40 bits per heavy atom. The van der Waals surface area contributed by atoms with E-state index in [0.29, 0.717) is 21.2 Å². The Morgan fingerprint density at radius 1 is 1.00 bits per heavy atom. The van der Waals surface area contributed by atoms with Crippen molar-refractivity contribution in [2.75, 3.05) is 16.8 Å². The highest BCUT2D eigenvalue weighted by atomic mass is 32.2. The zero-order valence-corrected chi connectivity index (χ0v) is 24.4. The van der Waals surface area contributed by atoms with Gasteiger partial charge in [-0.15, -0.1) is 11.3 Å². The van der Waals surface area contributed by atoms with Crippen LogP contribution in [0.25, 0.3) is 0 Å². The lowest BCUT2D eigenvalue weighted by molar-refractivity contribution is -0.122. The zero-order chi connectivity index (χ0) is 29.5. The Labute approximate surface area is 250 Å². The van der Waals surface area contributed by atoms with E-state index in [1.807, 2.05) is 17.5 Å². The lowest BCUT2D eigenvalue weighted by atomic mass is 9.87. The van der Waals surface area contributed by atoms with Crippen molar-refractivity contribution < 1.29 is 28.3 Å². The van der Waals surface area contributed by atoms with Crippen molar-refractivity contribution in [3.8, 4) is 0 Å². The first-order valence-electron chi connectivity index (χ1n) is 12.9. The number of rotatable bonds is 7. The van der Waals surface area contributed by atoms with Crippen molar-refractivity contribution in [1.29, 1.82) is 0 Å². The molecule has 1 N–H and O–H groups in total. The number of imide groups is 1. The molecule has 2 aliphatic heterocycles. The number of ether oxygens (including phenoxy) is 1. The number of thioether (sulfide) groups is 1. The summed E-state index contributed by atoms with van der Waals surface area (Å²) in [4.78, 5) is 67.7. The number of thiazole rings is 1. The average molecular weight is 624 g/mol. The monoisotopic (exact) mass is 623 g/mol. The third kappa shape index (κ3) is 4.97. The summed E-state index contributed by atoms with van der Waals surface area (Å²) in [6.45, 7) is 1.64. The van der Waals surface area contributed by atoms with Crippen LogP contribution in [-0.2, 0) is 25.7 Å². The molecule has 2 aliphatic rings. The Morgan fingerprint density at radius 2 is 1.74 bits per heavy atom. The van der Waals surface area contributed by atoms with Crippen LogP contribution in [0.5, 0.6) is 0 Å². The predicted molar refractivity (Wildman–Crippen MR) is 158 cm³/mol. The van der Waals surface area contributed by atoms with Crippen molar-refractivity contribution in [3.05, 3.63) is 96.8 Å². The minimum atomic E-state index is -0.833. The van der Waals surface area contributed by atoms with Gasteiger partial charge in [0.2, 0.25) is 17.7 Å². The third-order valence-electron chi connectivity index (χ3n) is 6.97. The van der Waals surface area contributed by atoms with Crippen LogP contribution in [0.15, 0.2) is 75.9 Å². The molecule has 0 saturated carbocycles. The molecule has 0 radical (unpaired) electrons. The molecule has 2 unspecified atom stereocenters. The SMILES string of the molecule is CCOC(=O)c1ccc(NC(=O)Cn2c3c(sc2=O)[C@H](c2cccs2)C2C(=O)N(c4ccc(F)cc4)C(=O)C2S3)cc1. The van der Waals surface area contributed by atoms with Crippen LogP contribution in [0.2, 0.25) is 0 Å². The van der Waals surface area contributed by atoms with Crippen molar-refractivity contribution in [2.24, 2.45) is 5.92 Å². The van der Waals surface area contributed by atoms with Crippen molar-refractivity contribution in [1.82, 2.24) is 4.57 Å². The van der Waals surface area contributed by atoms with Gasteiger partial charge in [-0.3, -0.25) is 23.7 Å². The molecular weight excluding hydrogens is 602 g/mol. The second kappa shape index (κ2) is 11.3. The number of nitrogens with zero attached hydrogens (tertiary/aromatic N) is 2. The van der Waals surface area contributed by atoms with Gasteiger partial charge in [0.15, 0.2) is 0 Å². The molecule has 0 bridgehead atoms. The number of hydrogen-bond donors (Lipinski definition) is 1. The van der Waals surface area contributed by atoms with Crippen LogP contribution in [-0.4, -0.2) is 40.1 Å². The van der Waals surface area contributed by atoms with E-state index in [9.17, 15) is 28.4 Å². The highest BCUT2D eigenvalue weighted by Crippen LogP contribution is 2.54. The van der Waals surface area contributed by atoms with Crippen molar-refractivity contribution >= 4 is 69.5 Å². The Hall–Kier alpha value is -4.07. The summed E-state index contributed by atoms with van der Waals surface area (Å²) in [7, 11) is 0. The summed E-state index contributed by atoms with van der Waals surface area (Å²) in [6, 6.07) is 15.1. The molecule has 2 aromatic heterocycles. The first-order chi connectivity index (χ1) is 20.3. The van der Waals surface area contributed by atoms with Crippen LogP contribution in [0.4, 0.5) is 15.8 Å². The maximum atomic E-state index is 13.8. The molecule has 214 valence electrons. The van der Waals surface area contributed by atoms with E-state index in [4.69, 9.17) is 4.74 Å². The van der Waals surface area contributed by atoms with Gasteiger partial charge in [0.05, 0.1) is 28.8 Å². The minimum Gasteiger partial charge on any atom is -0.462 e. The van der Waals surface area contributed by atoms with E-state index in [-0.39, 0.29) is 23.7 Å². The van der Waals surface area contributed by atoms with E-state index < -0.39 is 46.6 Å². The normalized spacial score (nSPS) is 19.4. The van der Waals surface area contributed by atoms with Crippen LogP contribution < -0.4 is 15.1 Å². The molecule has 0 spiro atoms. The summed E-state index contributed by atoms with van der Waals surface area (Å²) in [5.74, 6) is -3.61. The molecule has 42 heavy (non-hydrogen) atoms. The number of carbonyl (C=O) groups excluding carboxylic acids is 4. The fourth-order valence-electron chi connectivity index (χ4n) is 5.12. The lowest BCUT2D eigenvalue weighted by Crippen LogP contribution is -2.32. The number of anilines is 2. The smallest absolute Gasteiger partial charge is 0.338 e. The van der Waals surface area contributed by atoms with Gasteiger partial charge in [0.25, 0.3) is 0 Å². The Bertz CT molecular complexity index is 1750. The summed E-state index contributed by atoms with van der Waals surface area (Å²) >= 11 is 3.49. The van der Waals surface area contributed by atoms with E-state index in [1.165, 1.54) is 52.3 Å². The molecule has 13 heteroatoms. The molecule has 3 atom stereocenters. The highest BCUT2D eigenvalue weighted by Gasteiger charge is 2.57. The number of carbonyl (C=O) groups is 4. The molecule has 2 aromatic carbocycles. The maximum Gasteiger partial charge on any atom is 0.338 e. The van der Waals surface area contributed by atoms with Crippen molar-refractivity contribution in [3.63, 3.8) is 0 Å². The molecule has 6 rings (SSSR count). The van der Waals surface area contributed by atoms with Gasteiger partial charge in [-0.25, -0.2) is 14.1 Å². The van der Waals surface area contributed by atoms with Crippen LogP contribution >= 0.6 is 34.4 Å². The molecule has 3 amide bonds. The predicted octanol–water partition coefficient (Wildman–Crippen LogP) is 4.72. The Kier molecular flexibility index (Phi) is 7.56. The van der Waals surface area contributed by atoms with Gasteiger partial charge >= 0.3 is 10.8 Å². The number of aromatic nitrogens is 1. The topological polar surface area (TPSA) is 115 Å². The zero-order valence-electron chi connectivity index (χ0n) is 21.9. The summed E-state index contributed by atoms with van der Waals surface area (Å²) < 4.78 is 19.9. The lowest BCUT2D eigenvalue weighted by Gasteiger charge is -2.29. The van der Waals surface area contributed by atoms with E-state index in [0.717, 1.165) is 32.9 Å². The number of halogens is 1. The molecule has 1 fully saturated rings. The van der Waals surface area contributed by atoms with Crippen LogP contribution in [0.1, 0.15) is 33.0 Å². The summed E-state index contributed by atoms with van der Waals surface area (Å²) in [6.07, 6.45) is 0. The van der Waals surface area contributed by atoms with Gasteiger partial charge in [-0.1, -0.05) is 29.2 Å². The van der Waals surface area contributed by atoms with Crippen LogP contribution in [0.3, 0.4) is 0 Å². The largest absolute Gasteiger partial charge is 0.462 e. The molecule has 4 aromatic rings. The second-order valence-electron chi connectivity index (χ2n) is 9.52. The number of benzene rings is 2. The van der Waals surface area contributed by atoms with Gasteiger partial charge in [-0.2, -0.15) is 0 Å². The number of hydrogen-bond acceptors (Lipinski definition) is 9. The molecule has 0 aliphatic carbocycles. The fraction of sp³-hybridized carbons (Fsp3) is 0.207. The summed E-state index contributed by atoms with van der Waals surface area (Å²) in [5.41, 5.74) is 1.05. The number of thiophene rings is 1. The minimum absolute atomic E-state index is 0.244. The second-order valence-corrected chi connectivity index (χ2v) is 12.6. The third-order valence-corrected chi connectivity index (χ3v) is 10.5. The summed E-state index contributed by atoms with van der Waals surface area (Å²) in [5, 5.41) is 4.24. The van der Waals surface area contributed by atoms with Gasteiger partial charge in [0.1, 0.15) is 17.6 Å². The van der Waals surface area contributed by atoms with Crippen molar-refractivity contribution in [2.45, 2.75) is 29.7 Å². The van der Waals surface area contributed by atoms with E-state index in [2.05, 4.69) is 5.32 Å². The number of esters is 1. The molecule has 4 heterocycles. The number of nitrogens with one attached hydrogen (secondary N) is 1. The standard InChI is InChI=1S/C29H22FN3O6S3/c1-2-39-28(37)15-5-9-17(10-6-15)31-20(34)14-32-27-24(42-29(32)38)21(19-4-3-13-40-19)22-23(41-27)26(36)33(25(22)35)18-11-7-16(30)8-12-18/h3-13,21-23H,2,14H2,1H3,(H,31,34)/t21-,22?,23?/m1/s1. The molecular formula is C29H22FN3O6S3. The highest BCUT2D eigenvalue weighted by molar-refractivity contribution is 8.00. The molecule has 9 nitrogen and oxygen atoms in total. The van der Waals surface area contributed by atoms with Gasteiger partial charge in [-0.05, 0) is 66.9 Å². The number of amides is 3. The van der Waals surface area contributed by atoms with Crippen LogP contribution in [0, 0.1) is 11.7 Å². The van der Waals surface area contributed by atoms with Gasteiger partial charge in [0, 0.05) is 21.4 Å². The van der Waals surface area contributed by atoms with Gasteiger partial charge < -0.3 is 10.1 Å². The Balaban J connectivity index is 1.30. The fourth-order valence-corrected chi connectivity index (χ4v) is 8.84. The number of fused-ring (bicyclic) bond motifs is 2. The molecule has 1 saturated heterocycles. The maximum absolute atomic E-state index is 13.8. The first-order valence-corrected chi connectivity index (χ1v) is 15.5.